The van der Waals surface area contributed by atoms with Crippen molar-refractivity contribution < 1.29 is 4.74 Å². The van der Waals surface area contributed by atoms with Crippen molar-refractivity contribution in [2.24, 2.45) is 0 Å². The molecule has 3 heteroatoms. The normalized spacial score (nSPS) is 12.7. The second kappa shape index (κ2) is 9.78. The van der Waals surface area contributed by atoms with Gasteiger partial charge in [0.2, 0.25) is 0 Å². The SMILES string of the molecule is CCCNCC(CCC)N(C)Cc1ccc(OC)cc1. The third-order valence-corrected chi connectivity index (χ3v) is 3.64. The van der Waals surface area contributed by atoms with Crippen molar-refractivity contribution >= 4 is 0 Å². The summed E-state index contributed by atoms with van der Waals surface area (Å²) < 4.78 is 5.20. The fourth-order valence-corrected chi connectivity index (χ4v) is 2.40. The van der Waals surface area contributed by atoms with E-state index in [2.05, 4.69) is 43.2 Å². The number of rotatable bonds is 10. The molecule has 0 aliphatic carbocycles. The van der Waals surface area contributed by atoms with Crippen molar-refractivity contribution in [2.45, 2.75) is 45.7 Å². The largest absolute Gasteiger partial charge is 0.497 e. The summed E-state index contributed by atoms with van der Waals surface area (Å²) in [6.45, 7) is 7.64. The van der Waals surface area contributed by atoms with E-state index in [0.29, 0.717) is 6.04 Å². The van der Waals surface area contributed by atoms with Crippen LogP contribution in [0.1, 0.15) is 38.7 Å². The minimum absolute atomic E-state index is 0.605. The van der Waals surface area contributed by atoms with Gasteiger partial charge in [-0.1, -0.05) is 32.4 Å². The first-order chi connectivity index (χ1) is 9.71. The zero-order valence-electron chi connectivity index (χ0n) is 13.5. The zero-order chi connectivity index (χ0) is 14.8. The van der Waals surface area contributed by atoms with E-state index in [1.165, 1.54) is 24.8 Å². The van der Waals surface area contributed by atoms with Gasteiger partial charge < -0.3 is 10.1 Å². The Morgan fingerprint density at radius 1 is 1.15 bits per heavy atom. The maximum absolute atomic E-state index is 5.20. The summed E-state index contributed by atoms with van der Waals surface area (Å²) in [5.41, 5.74) is 1.34. The number of methoxy groups -OCH3 is 1. The molecule has 1 N–H and O–H groups in total. The Morgan fingerprint density at radius 2 is 1.85 bits per heavy atom. The van der Waals surface area contributed by atoms with Crippen LogP contribution in [0.4, 0.5) is 0 Å². The molecule has 0 bridgehead atoms. The number of hydrogen-bond donors (Lipinski definition) is 1. The summed E-state index contributed by atoms with van der Waals surface area (Å²) >= 11 is 0. The molecule has 0 aliphatic heterocycles. The van der Waals surface area contributed by atoms with E-state index < -0.39 is 0 Å². The van der Waals surface area contributed by atoms with Crippen LogP contribution in [0, 0.1) is 0 Å². The van der Waals surface area contributed by atoms with Crippen molar-refractivity contribution in [2.75, 3.05) is 27.2 Å². The fraction of sp³-hybridized carbons (Fsp3) is 0.647. The predicted molar refractivity (Wildman–Crippen MR) is 86.3 cm³/mol. The summed E-state index contributed by atoms with van der Waals surface area (Å²) in [4.78, 5) is 2.45. The van der Waals surface area contributed by atoms with Crippen LogP contribution in [0.5, 0.6) is 5.75 Å². The average molecular weight is 278 g/mol. The highest BCUT2D eigenvalue weighted by Gasteiger charge is 2.13. The maximum atomic E-state index is 5.20. The number of nitrogens with zero attached hydrogens (tertiary/aromatic N) is 1. The molecule has 1 rings (SSSR count). The van der Waals surface area contributed by atoms with E-state index in [1.54, 1.807) is 7.11 Å². The van der Waals surface area contributed by atoms with Crippen molar-refractivity contribution in [3.05, 3.63) is 29.8 Å². The molecule has 1 aromatic rings. The monoisotopic (exact) mass is 278 g/mol. The highest BCUT2D eigenvalue weighted by atomic mass is 16.5. The summed E-state index contributed by atoms with van der Waals surface area (Å²) in [6.07, 6.45) is 3.66. The van der Waals surface area contributed by atoms with Crippen molar-refractivity contribution in [1.29, 1.82) is 0 Å². The van der Waals surface area contributed by atoms with E-state index in [1.807, 2.05) is 12.1 Å². The third kappa shape index (κ3) is 5.93. The van der Waals surface area contributed by atoms with Crippen LogP contribution < -0.4 is 10.1 Å². The molecule has 1 unspecified atom stereocenters. The molecule has 20 heavy (non-hydrogen) atoms. The first-order valence-corrected chi connectivity index (χ1v) is 7.75. The molecule has 0 aliphatic rings. The Bertz CT molecular complexity index is 351. The zero-order valence-corrected chi connectivity index (χ0v) is 13.5. The molecule has 0 radical (unpaired) electrons. The molecule has 3 nitrogen and oxygen atoms in total. The molecular weight excluding hydrogens is 248 g/mol. The van der Waals surface area contributed by atoms with Crippen LogP contribution in [0.2, 0.25) is 0 Å². The van der Waals surface area contributed by atoms with Crippen molar-refractivity contribution in [3.63, 3.8) is 0 Å². The molecule has 1 aromatic carbocycles. The van der Waals surface area contributed by atoms with Gasteiger partial charge in [0, 0.05) is 19.1 Å². The third-order valence-electron chi connectivity index (χ3n) is 3.64. The van der Waals surface area contributed by atoms with Crippen LogP contribution in [-0.4, -0.2) is 38.2 Å². The quantitative estimate of drug-likeness (QED) is 0.665. The maximum Gasteiger partial charge on any atom is 0.118 e. The molecular formula is C17H30N2O. The molecule has 0 heterocycles. The number of likely N-dealkylation sites (N-methyl/N-ethyl adjacent to an activating group) is 1. The minimum Gasteiger partial charge on any atom is -0.497 e. The second-order valence-electron chi connectivity index (χ2n) is 5.41. The molecule has 0 fully saturated rings. The minimum atomic E-state index is 0.605. The van der Waals surface area contributed by atoms with Crippen LogP contribution in [-0.2, 0) is 6.54 Å². The molecule has 0 saturated heterocycles. The molecule has 0 aromatic heterocycles. The Kier molecular flexibility index (Phi) is 8.31. The van der Waals surface area contributed by atoms with Gasteiger partial charge in [-0.25, -0.2) is 0 Å². The van der Waals surface area contributed by atoms with Gasteiger partial charge in [0.05, 0.1) is 7.11 Å². The first-order valence-electron chi connectivity index (χ1n) is 7.75. The molecule has 114 valence electrons. The average Bonchev–Trinajstić information content (AvgIpc) is 2.47. The van der Waals surface area contributed by atoms with Gasteiger partial charge in [-0.2, -0.15) is 0 Å². The van der Waals surface area contributed by atoms with Crippen LogP contribution >= 0.6 is 0 Å². The Hall–Kier alpha value is -1.06. The summed E-state index contributed by atoms with van der Waals surface area (Å²) in [5, 5.41) is 3.54. The number of nitrogens with one attached hydrogen (secondary N) is 1. The van der Waals surface area contributed by atoms with Crippen molar-refractivity contribution in [3.8, 4) is 5.75 Å². The Labute approximate surface area is 124 Å². The topological polar surface area (TPSA) is 24.5 Å². The van der Waals surface area contributed by atoms with Crippen LogP contribution in [0.3, 0.4) is 0 Å². The highest BCUT2D eigenvalue weighted by Crippen LogP contribution is 2.14. The van der Waals surface area contributed by atoms with Gasteiger partial charge in [-0.15, -0.1) is 0 Å². The smallest absolute Gasteiger partial charge is 0.118 e. The van der Waals surface area contributed by atoms with E-state index in [9.17, 15) is 0 Å². The summed E-state index contributed by atoms with van der Waals surface area (Å²) in [6, 6.07) is 8.98. The van der Waals surface area contributed by atoms with Gasteiger partial charge in [-0.3, -0.25) is 4.90 Å². The lowest BCUT2D eigenvalue weighted by Gasteiger charge is -2.28. The Balaban J connectivity index is 2.52. The summed E-state index contributed by atoms with van der Waals surface area (Å²) in [5.74, 6) is 0.922. The van der Waals surface area contributed by atoms with E-state index in [-0.39, 0.29) is 0 Å². The van der Waals surface area contributed by atoms with E-state index in [4.69, 9.17) is 4.74 Å². The molecule has 0 spiro atoms. The number of hydrogen-bond acceptors (Lipinski definition) is 3. The lowest BCUT2D eigenvalue weighted by molar-refractivity contribution is 0.215. The van der Waals surface area contributed by atoms with Gasteiger partial charge in [-0.05, 0) is 44.1 Å². The summed E-state index contributed by atoms with van der Waals surface area (Å²) in [7, 11) is 3.93. The van der Waals surface area contributed by atoms with Crippen molar-refractivity contribution in [1.82, 2.24) is 10.2 Å². The number of ether oxygens (including phenoxy) is 1. The van der Waals surface area contributed by atoms with Crippen LogP contribution in [0.25, 0.3) is 0 Å². The van der Waals surface area contributed by atoms with Gasteiger partial charge in [0.1, 0.15) is 5.75 Å². The van der Waals surface area contributed by atoms with Gasteiger partial charge in [0.15, 0.2) is 0 Å². The van der Waals surface area contributed by atoms with E-state index >= 15 is 0 Å². The van der Waals surface area contributed by atoms with Gasteiger partial charge >= 0.3 is 0 Å². The first kappa shape index (κ1) is 17.0. The fourth-order valence-electron chi connectivity index (χ4n) is 2.40. The highest BCUT2D eigenvalue weighted by molar-refractivity contribution is 5.27. The lowest BCUT2D eigenvalue weighted by Crippen LogP contribution is -2.39. The second-order valence-corrected chi connectivity index (χ2v) is 5.41. The molecule has 1 atom stereocenters. The Morgan fingerprint density at radius 3 is 2.40 bits per heavy atom. The lowest BCUT2D eigenvalue weighted by atomic mass is 10.1. The standard InChI is InChI=1S/C17H30N2O/c1-5-7-16(13-18-12-6-2)19(3)14-15-8-10-17(20-4)11-9-15/h8-11,16,18H,5-7,12-14H2,1-4H3. The molecule has 0 saturated carbocycles. The predicted octanol–water partition coefficient (Wildman–Crippen LogP) is 3.30. The van der Waals surface area contributed by atoms with E-state index in [0.717, 1.165) is 25.4 Å². The molecule has 0 amide bonds. The van der Waals surface area contributed by atoms with Gasteiger partial charge in [0.25, 0.3) is 0 Å². The van der Waals surface area contributed by atoms with Crippen LogP contribution in [0.15, 0.2) is 24.3 Å². The number of benzene rings is 1.